The van der Waals surface area contributed by atoms with E-state index in [9.17, 15) is 0 Å². The molecule has 1 aliphatic rings. The summed E-state index contributed by atoms with van der Waals surface area (Å²) in [5, 5.41) is 4.37. The molecule has 0 N–H and O–H groups in total. The zero-order valence-corrected chi connectivity index (χ0v) is 12.4. The minimum absolute atomic E-state index is 0.426. The Hall–Kier alpha value is -2.11. The molecule has 6 nitrogen and oxygen atoms in total. The van der Waals surface area contributed by atoms with Gasteiger partial charge < -0.3 is 9.80 Å². The van der Waals surface area contributed by atoms with Gasteiger partial charge in [-0.2, -0.15) is 10.1 Å². The highest BCUT2D eigenvalue weighted by atomic mass is 15.4. The van der Waals surface area contributed by atoms with Crippen molar-refractivity contribution in [3.05, 3.63) is 29.7 Å². The molecule has 2 aromatic rings. The van der Waals surface area contributed by atoms with Crippen molar-refractivity contribution in [1.29, 1.82) is 0 Å². The number of aryl methyl sites for hydroxylation is 2. The Morgan fingerprint density at radius 1 is 1.20 bits per heavy atom. The normalized spacial score (nSPS) is 15.3. The van der Waals surface area contributed by atoms with Gasteiger partial charge in [0, 0.05) is 45.1 Å². The largest absolute Gasteiger partial charge is 0.363 e. The van der Waals surface area contributed by atoms with Crippen molar-refractivity contribution in [1.82, 2.24) is 19.7 Å². The lowest BCUT2D eigenvalue weighted by Crippen LogP contribution is -2.49. The van der Waals surface area contributed by atoms with Gasteiger partial charge in [0.2, 0.25) is 5.95 Å². The van der Waals surface area contributed by atoms with Gasteiger partial charge >= 0.3 is 0 Å². The van der Waals surface area contributed by atoms with Crippen LogP contribution in [0.5, 0.6) is 0 Å². The van der Waals surface area contributed by atoms with Crippen LogP contribution in [0.15, 0.2) is 18.5 Å². The third-order valence-corrected chi connectivity index (χ3v) is 3.54. The molecule has 3 heterocycles. The van der Waals surface area contributed by atoms with E-state index >= 15 is 0 Å². The van der Waals surface area contributed by atoms with Crippen LogP contribution < -0.4 is 9.80 Å². The van der Waals surface area contributed by atoms with Crippen LogP contribution in [-0.2, 0) is 0 Å². The first-order valence-electron chi connectivity index (χ1n) is 6.81. The van der Waals surface area contributed by atoms with Crippen molar-refractivity contribution in [2.75, 3.05) is 37.0 Å². The highest BCUT2D eigenvalue weighted by Gasteiger charge is 2.31. The summed E-state index contributed by atoms with van der Waals surface area (Å²) in [4.78, 5) is 13.3. The van der Waals surface area contributed by atoms with E-state index in [4.69, 9.17) is 0 Å². The Morgan fingerprint density at radius 2 is 1.95 bits per heavy atom. The molecular weight excluding hydrogens is 252 g/mol. The lowest BCUT2D eigenvalue weighted by atomic mass is 10.1. The van der Waals surface area contributed by atoms with Crippen molar-refractivity contribution in [3.63, 3.8) is 0 Å². The van der Waals surface area contributed by atoms with Crippen molar-refractivity contribution in [3.8, 4) is 0 Å². The van der Waals surface area contributed by atoms with Crippen LogP contribution in [0.3, 0.4) is 0 Å². The number of hydrogen-bond acceptors (Lipinski definition) is 5. The van der Waals surface area contributed by atoms with Crippen LogP contribution in [0, 0.1) is 13.8 Å². The molecule has 2 aromatic heterocycles. The van der Waals surface area contributed by atoms with Gasteiger partial charge in [0.15, 0.2) is 0 Å². The number of rotatable bonds is 3. The van der Waals surface area contributed by atoms with Crippen LogP contribution in [0.25, 0.3) is 0 Å². The van der Waals surface area contributed by atoms with E-state index in [0.717, 1.165) is 30.5 Å². The molecule has 6 heteroatoms. The van der Waals surface area contributed by atoms with Gasteiger partial charge in [-0.15, -0.1) is 0 Å². The van der Waals surface area contributed by atoms with Crippen molar-refractivity contribution in [2.24, 2.45) is 0 Å². The minimum Gasteiger partial charge on any atom is -0.363 e. The summed E-state index contributed by atoms with van der Waals surface area (Å²) in [6.07, 6.45) is 3.99. The summed E-state index contributed by atoms with van der Waals surface area (Å²) in [6, 6.07) is 2.42. The zero-order chi connectivity index (χ0) is 14.3. The molecule has 106 valence electrons. The third-order valence-electron chi connectivity index (χ3n) is 3.54. The number of nitrogens with zero attached hydrogens (tertiary/aromatic N) is 6. The molecule has 1 fully saturated rings. The smallest absolute Gasteiger partial charge is 0.227 e. The number of hydrogen-bond donors (Lipinski definition) is 0. The number of aromatic nitrogens is 4. The Morgan fingerprint density at radius 3 is 2.55 bits per heavy atom. The topological polar surface area (TPSA) is 50.1 Å². The van der Waals surface area contributed by atoms with Gasteiger partial charge in [0.25, 0.3) is 0 Å². The van der Waals surface area contributed by atoms with Crippen molar-refractivity contribution < 1.29 is 0 Å². The first kappa shape index (κ1) is 12.9. The molecule has 0 unspecified atom stereocenters. The van der Waals surface area contributed by atoms with E-state index < -0.39 is 0 Å². The molecule has 1 saturated heterocycles. The predicted octanol–water partition coefficient (Wildman–Crippen LogP) is 1.42. The highest BCUT2D eigenvalue weighted by molar-refractivity contribution is 5.46. The van der Waals surface area contributed by atoms with Crippen LogP contribution in [-0.4, -0.2) is 46.9 Å². The van der Waals surface area contributed by atoms with Gasteiger partial charge in [0.1, 0.15) is 5.82 Å². The summed E-state index contributed by atoms with van der Waals surface area (Å²) in [5.41, 5.74) is 2.20. The van der Waals surface area contributed by atoms with E-state index in [1.54, 1.807) is 0 Å². The second-order valence-corrected chi connectivity index (χ2v) is 5.62. The fourth-order valence-corrected chi connectivity index (χ4v) is 2.33. The molecule has 20 heavy (non-hydrogen) atoms. The van der Waals surface area contributed by atoms with E-state index in [0.29, 0.717) is 6.04 Å². The summed E-state index contributed by atoms with van der Waals surface area (Å²) in [5.74, 6) is 1.76. The van der Waals surface area contributed by atoms with E-state index in [1.165, 1.54) is 5.56 Å². The molecule has 0 amide bonds. The molecule has 0 aliphatic carbocycles. The van der Waals surface area contributed by atoms with E-state index in [1.807, 2.05) is 42.9 Å². The highest BCUT2D eigenvalue weighted by Crippen LogP contribution is 2.26. The molecule has 0 saturated carbocycles. The Kier molecular flexibility index (Phi) is 3.08. The van der Waals surface area contributed by atoms with E-state index in [-0.39, 0.29) is 0 Å². The Labute approximate surface area is 119 Å². The minimum atomic E-state index is 0.426. The number of anilines is 2. The second kappa shape index (κ2) is 4.77. The molecule has 0 spiro atoms. The van der Waals surface area contributed by atoms with Gasteiger partial charge in [-0.05, 0) is 19.4 Å². The fourth-order valence-electron chi connectivity index (χ4n) is 2.33. The van der Waals surface area contributed by atoms with Crippen LogP contribution in [0.2, 0.25) is 0 Å². The van der Waals surface area contributed by atoms with Gasteiger partial charge in [0.05, 0.1) is 12.2 Å². The SMILES string of the molecule is Cc1cnn(C2CN(c3nc(C)cc(N(C)C)n3)C2)c1. The summed E-state index contributed by atoms with van der Waals surface area (Å²) in [7, 11) is 3.99. The maximum absolute atomic E-state index is 4.60. The molecular formula is C14H20N6. The van der Waals surface area contributed by atoms with Gasteiger partial charge in [-0.1, -0.05) is 0 Å². The summed E-state index contributed by atoms with van der Waals surface area (Å²) < 4.78 is 2.04. The second-order valence-electron chi connectivity index (χ2n) is 5.62. The first-order chi connectivity index (χ1) is 9.52. The molecule has 0 aromatic carbocycles. The molecule has 0 bridgehead atoms. The standard InChI is InChI=1S/C14H20N6/c1-10-6-15-20(7-10)12-8-19(9-12)14-16-11(2)5-13(17-14)18(3)4/h5-7,12H,8-9H2,1-4H3. The van der Waals surface area contributed by atoms with Crippen LogP contribution in [0.1, 0.15) is 17.3 Å². The summed E-state index contributed by atoms with van der Waals surface area (Å²) in [6.45, 7) is 5.90. The maximum Gasteiger partial charge on any atom is 0.227 e. The predicted molar refractivity (Wildman–Crippen MR) is 79.3 cm³/mol. The molecule has 0 atom stereocenters. The molecule has 0 radical (unpaired) electrons. The first-order valence-corrected chi connectivity index (χ1v) is 6.81. The van der Waals surface area contributed by atoms with Gasteiger partial charge in [-0.3, -0.25) is 4.68 Å². The molecule has 3 rings (SSSR count). The monoisotopic (exact) mass is 272 g/mol. The average Bonchev–Trinajstić information content (AvgIpc) is 2.73. The van der Waals surface area contributed by atoms with E-state index in [2.05, 4.69) is 33.1 Å². The van der Waals surface area contributed by atoms with Crippen molar-refractivity contribution in [2.45, 2.75) is 19.9 Å². The average molecular weight is 272 g/mol. The zero-order valence-electron chi connectivity index (χ0n) is 12.4. The Bertz CT molecular complexity index is 612. The third kappa shape index (κ3) is 2.33. The lowest BCUT2D eigenvalue weighted by molar-refractivity contribution is 0.363. The summed E-state index contributed by atoms with van der Waals surface area (Å²) >= 11 is 0. The fraction of sp³-hybridized carbons (Fsp3) is 0.500. The van der Waals surface area contributed by atoms with Crippen LogP contribution >= 0.6 is 0 Å². The van der Waals surface area contributed by atoms with Crippen molar-refractivity contribution >= 4 is 11.8 Å². The maximum atomic E-state index is 4.60. The van der Waals surface area contributed by atoms with Crippen LogP contribution in [0.4, 0.5) is 11.8 Å². The van der Waals surface area contributed by atoms with Gasteiger partial charge in [-0.25, -0.2) is 4.98 Å². The lowest BCUT2D eigenvalue weighted by Gasteiger charge is -2.39. The quantitative estimate of drug-likeness (QED) is 0.845. The molecule has 1 aliphatic heterocycles. The Balaban J connectivity index is 1.73.